The van der Waals surface area contributed by atoms with Crippen molar-refractivity contribution in [2.24, 2.45) is 0 Å². The monoisotopic (exact) mass is 351 g/mol. The molecule has 25 heavy (non-hydrogen) atoms. The summed E-state index contributed by atoms with van der Waals surface area (Å²) in [5.41, 5.74) is 2.39. The quantitative estimate of drug-likeness (QED) is 0.553. The van der Waals surface area contributed by atoms with Gasteiger partial charge in [0, 0.05) is 14.2 Å². The van der Waals surface area contributed by atoms with Crippen LogP contribution in [0.3, 0.4) is 0 Å². The summed E-state index contributed by atoms with van der Waals surface area (Å²) in [5, 5.41) is 0. The molecule has 2 nitrogen and oxygen atoms in total. The van der Waals surface area contributed by atoms with Crippen LogP contribution in [0.4, 0.5) is 0 Å². The van der Waals surface area contributed by atoms with Crippen LogP contribution in [0.1, 0.15) is 11.1 Å². The molecule has 128 valence electrons. The highest BCUT2D eigenvalue weighted by Crippen LogP contribution is 2.31. The van der Waals surface area contributed by atoms with Crippen molar-refractivity contribution in [3.63, 3.8) is 0 Å². The standard InChI is InChI=1S/C22H23O2S/c1-23-16-18-8-12-21(13-9-18)25(20-6-4-3-5-7-20)22-14-10-19(11-15-22)17-24-2/h3-15H,16-17H2,1-2H3/q+1. The molecule has 3 aromatic carbocycles. The number of hydrogen-bond donors (Lipinski definition) is 0. The Labute approximate surface area is 152 Å². The lowest BCUT2D eigenvalue weighted by molar-refractivity contribution is 0.185. The topological polar surface area (TPSA) is 18.5 Å². The summed E-state index contributed by atoms with van der Waals surface area (Å²) in [7, 11) is 3.33. The number of hydrogen-bond acceptors (Lipinski definition) is 2. The molecule has 0 saturated heterocycles. The number of benzene rings is 3. The SMILES string of the molecule is COCc1ccc([S+](c2ccccc2)c2ccc(COC)cc2)cc1. The van der Waals surface area contributed by atoms with E-state index in [4.69, 9.17) is 9.47 Å². The molecule has 0 aliphatic carbocycles. The van der Waals surface area contributed by atoms with Crippen molar-refractivity contribution in [2.75, 3.05) is 14.2 Å². The highest BCUT2D eigenvalue weighted by Gasteiger charge is 2.28. The molecule has 0 heterocycles. The van der Waals surface area contributed by atoms with Crippen molar-refractivity contribution >= 4 is 10.9 Å². The summed E-state index contributed by atoms with van der Waals surface area (Å²) in [6.07, 6.45) is 0. The zero-order valence-electron chi connectivity index (χ0n) is 14.6. The Morgan fingerprint density at radius 1 is 0.560 bits per heavy atom. The molecule has 0 N–H and O–H groups in total. The molecule has 0 fully saturated rings. The Morgan fingerprint density at radius 3 is 1.36 bits per heavy atom. The molecule has 3 aromatic rings. The van der Waals surface area contributed by atoms with Crippen molar-refractivity contribution in [3.05, 3.63) is 90.0 Å². The van der Waals surface area contributed by atoms with Gasteiger partial charge in [-0.2, -0.15) is 0 Å². The van der Waals surface area contributed by atoms with E-state index in [0.29, 0.717) is 13.2 Å². The molecular formula is C22H23O2S+. The van der Waals surface area contributed by atoms with Gasteiger partial charge in [-0.3, -0.25) is 0 Å². The lowest BCUT2D eigenvalue weighted by Crippen LogP contribution is -2.05. The van der Waals surface area contributed by atoms with Gasteiger partial charge in [0.2, 0.25) is 0 Å². The molecule has 0 radical (unpaired) electrons. The van der Waals surface area contributed by atoms with Crippen LogP contribution < -0.4 is 0 Å². The molecular weight excluding hydrogens is 328 g/mol. The molecule has 0 aliphatic rings. The number of rotatable bonds is 7. The van der Waals surface area contributed by atoms with Crippen LogP contribution in [0.2, 0.25) is 0 Å². The molecule has 0 aliphatic heterocycles. The van der Waals surface area contributed by atoms with E-state index in [0.717, 1.165) is 0 Å². The maximum Gasteiger partial charge on any atom is 0.166 e. The smallest absolute Gasteiger partial charge is 0.166 e. The Morgan fingerprint density at radius 2 is 0.960 bits per heavy atom. The number of ether oxygens (including phenoxy) is 2. The van der Waals surface area contributed by atoms with Crippen LogP contribution in [0.15, 0.2) is 93.5 Å². The third-order valence-corrected chi connectivity index (χ3v) is 6.15. The molecule has 0 spiro atoms. The highest BCUT2D eigenvalue weighted by atomic mass is 32.2. The summed E-state index contributed by atoms with van der Waals surface area (Å²) >= 11 is 0. The first kappa shape index (κ1) is 17.7. The molecule has 3 heteroatoms. The maximum atomic E-state index is 5.22. The average molecular weight is 351 g/mol. The van der Waals surface area contributed by atoms with Gasteiger partial charge in [-0.15, -0.1) is 0 Å². The van der Waals surface area contributed by atoms with E-state index in [1.807, 2.05) is 0 Å². The lowest BCUT2D eigenvalue weighted by Gasteiger charge is -2.09. The molecule has 0 aromatic heterocycles. The van der Waals surface area contributed by atoms with Crippen LogP contribution in [-0.4, -0.2) is 14.2 Å². The largest absolute Gasteiger partial charge is 0.380 e. The van der Waals surface area contributed by atoms with Crippen molar-refractivity contribution in [2.45, 2.75) is 27.9 Å². The van der Waals surface area contributed by atoms with Gasteiger partial charge < -0.3 is 9.47 Å². The molecule has 0 saturated carbocycles. The molecule has 0 amide bonds. The Bertz CT molecular complexity index is 718. The molecule has 0 atom stereocenters. The molecule has 0 bridgehead atoms. The predicted molar refractivity (Wildman–Crippen MR) is 103 cm³/mol. The van der Waals surface area contributed by atoms with Crippen LogP contribution in [0.25, 0.3) is 0 Å². The minimum Gasteiger partial charge on any atom is -0.380 e. The second kappa shape index (κ2) is 8.86. The molecule has 0 unspecified atom stereocenters. The highest BCUT2D eigenvalue weighted by molar-refractivity contribution is 7.97. The van der Waals surface area contributed by atoms with Gasteiger partial charge in [0.15, 0.2) is 14.7 Å². The van der Waals surface area contributed by atoms with Crippen LogP contribution in [0, 0.1) is 0 Å². The van der Waals surface area contributed by atoms with Crippen molar-refractivity contribution < 1.29 is 9.47 Å². The summed E-state index contributed by atoms with van der Waals surface area (Å²) in [6, 6.07) is 28.2. The first-order chi connectivity index (χ1) is 12.3. The van der Waals surface area contributed by atoms with Gasteiger partial charge >= 0.3 is 0 Å². The van der Waals surface area contributed by atoms with Crippen molar-refractivity contribution in [1.29, 1.82) is 0 Å². The van der Waals surface area contributed by atoms with Gasteiger partial charge in [0.05, 0.1) is 24.1 Å². The van der Waals surface area contributed by atoms with E-state index in [1.54, 1.807) is 14.2 Å². The first-order valence-electron chi connectivity index (χ1n) is 8.27. The normalized spacial score (nSPS) is 11.0. The number of methoxy groups -OCH3 is 2. The zero-order chi connectivity index (χ0) is 17.5. The second-order valence-electron chi connectivity index (χ2n) is 5.77. The minimum atomic E-state index is -0.121. The van der Waals surface area contributed by atoms with E-state index in [1.165, 1.54) is 25.8 Å². The third-order valence-electron chi connectivity index (χ3n) is 3.92. The van der Waals surface area contributed by atoms with E-state index in [-0.39, 0.29) is 10.9 Å². The summed E-state index contributed by atoms with van der Waals surface area (Å²) in [5.74, 6) is 0. The second-order valence-corrected chi connectivity index (χ2v) is 7.80. The van der Waals surface area contributed by atoms with Gasteiger partial charge in [-0.25, -0.2) is 0 Å². The fourth-order valence-corrected chi connectivity index (χ4v) is 4.80. The molecule has 3 rings (SSSR count). The van der Waals surface area contributed by atoms with Crippen LogP contribution in [-0.2, 0) is 33.6 Å². The average Bonchev–Trinajstić information content (AvgIpc) is 2.66. The maximum absolute atomic E-state index is 5.22. The van der Waals surface area contributed by atoms with Gasteiger partial charge in [0.25, 0.3) is 0 Å². The summed E-state index contributed by atoms with van der Waals surface area (Å²) in [4.78, 5) is 3.94. The van der Waals surface area contributed by atoms with E-state index >= 15 is 0 Å². The summed E-state index contributed by atoms with van der Waals surface area (Å²) < 4.78 is 10.4. The van der Waals surface area contributed by atoms with E-state index < -0.39 is 0 Å². The van der Waals surface area contributed by atoms with E-state index in [9.17, 15) is 0 Å². The fraction of sp³-hybridized carbons (Fsp3) is 0.182. The van der Waals surface area contributed by atoms with E-state index in [2.05, 4.69) is 78.9 Å². The van der Waals surface area contributed by atoms with Crippen molar-refractivity contribution in [3.8, 4) is 0 Å². The van der Waals surface area contributed by atoms with Crippen LogP contribution >= 0.6 is 0 Å². The predicted octanol–water partition coefficient (Wildman–Crippen LogP) is 5.07. The van der Waals surface area contributed by atoms with Crippen molar-refractivity contribution in [1.82, 2.24) is 0 Å². The van der Waals surface area contributed by atoms with Crippen LogP contribution in [0.5, 0.6) is 0 Å². The first-order valence-corrected chi connectivity index (χ1v) is 9.49. The van der Waals surface area contributed by atoms with Gasteiger partial charge in [-0.1, -0.05) is 42.5 Å². The third kappa shape index (κ3) is 4.51. The Kier molecular flexibility index (Phi) is 6.29. The summed E-state index contributed by atoms with van der Waals surface area (Å²) in [6.45, 7) is 1.29. The van der Waals surface area contributed by atoms with Gasteiger partial charge in [-0.05, 0) is 47.5 Å². The minimum absolute atomic E-state index is 0.121. The Balaban J connectivity index is 1.98. The van der Waals surface area contributed by atoms with Gasteiger partial charge in [0.1, 0.15) is 0 Å². The lowest BCUT2D eigenvalue weighted by atomic mass is 10.2. The Hall–Kier alpha value is -2.07. The fourth-order valence-electron chi connectivity index (χ4n) is 2.74. The zero-order valence-corrected chi connectivity index (χ0v) is 15.5.